The predicted molar refractivity (Wildman–Crippen MR) is 64.1 cm³/mol. The molecule has 0 saturated carbocycles. The lowest BCUT2D eigenvalue weighted by Crippen LogP contribution is -2.43. The Kier molecular flexibility index (Phi) is 4.11. The average Bonchev–Trinajstić information content (AvgIpc) is 2.68. The number of hydrogen-bond acceptors (Lipinski definition) is 4. The number of thiazole rings is 1. The van der Waals surface area contributed by atoms with E-state index in [0.29, 0.717) is 6.04 Å². The van der Waals surface area contributed by atoms with Crippen LogP contribution >= 0.6 is 11.3 Å². The van der Waals surface area contributed by atoms with Gasteiger partial charge in [-0.15, -0.1) is 11.3 Å². The van der Waals surface area contributed by atoms with Crippen molar-refractivity contribution in [1.29, 1.82) is 0 Å². The van der Waals surface area contributed by atoms with Crippen molar-refractivity contribution in [2.24, 2.45) is 5.92 Å². The zero-order chi connectivity index (χ0) is 10.5. The van der Waals surface area contributed by atoms with Gasteiger partial charge < -0.3 is 10.6 Å². The second-order valence-corrected chi connectivity index (χ2v) is 5.02. The van der Waals surface area contributed by atoms with E-state index in [-0.39, 0.29) is 0 Å². The van der Waals surface area contributed by atoms with Crippen LogP contribution in [-0.2, 0) is 0 Å². The van der Waals surface area contributed by atoms with Gasteiger partial charge in [0.25, 0.3) is 0 Å². The van der Waals surface area contributed by atoms with Gasteiger partial charge in [0.2, 0.25) is 0 Å². The van der Waals surface area contributed by atoms with Crippen LogP contribution in [0, 0.1) is 5.92 Å². The fourth-order valence-corrected chi connectivity index (χ4v) is 2.62. The molecule has 1 unspecified atom stereocenters. The Morgan fingerprint density at radius 3 is 3.07 bits per heavy atom. The van der Waals surface area contributed by atoms with Crippen molar-refractivity contribution in [2.45, 2.75) is 25.8 Å². The first-order chi connectivity index (χ1) is 7.40. The maximum absolute atomic E-state index is 4.36. The third kappa shape index (κ3) is 3.00. The second kappa shape index (κ2) is 5.58. The van der Waals surface area contributed by atoms with Crippen molar-refractivity contribution in [3.63, 3.8) is 0 Å². The van der Waals surface area contributed by atoms with E-state index in [1.54, 1.807) is 11.3 Å². The molecule has 84 valence electrons. The van der Waals surface area contributed by atoms with E-state index in [1.165, 1.54) is 24.5 Å². The Morgan fingerprint density at radius 2 is 2.53 bits per heavy atom. The SMILES string of the molecule is CCC(NCCC1CNC1)c1nccs1. The van der Waals surface area contributed by atoms with Crippen LogP contribution in [0.2, 0.25) is 0 Å². The number of nitrogens with one attached hydrogen (secondary N) is 2. The van der Waals surface area contributed by atoms with Gasteiger partial charge in [0.05, 0.1) is 6.04 Å². The summed E-state index contributed by atoms with van der Waals surface area (Å²) in [5.41, 5.74) is 0. The largest absolute Gasteiger partial charge is 0.316 e. The van der Waals surface area contributed by atoms with Gasteiger partial charge in [0.1, 0.15) is 5.01 Å². The summed E-state index contributed by atoms with van der Waals surface area (Å²) in [6, 6.07) is 0.457. The maximum Gasteiger partial charge on any atom is 0.109 e. The van der Waals surface area contributed by atoms with Crippen LogP contribution in [0.15, 0.2) is 11.6 Å². The Bertz CT molecular complexity index is 269. The molecule has 1 aliphatic rings. The highest BCUT2D eigenvalue weighted by Gasteiger charge is 2.17. The van der Waals surface area contributed by atoms with Gasteiger partial charge in [0, 0.05) is 11.6 Å². The lowest BCUT2D eigenvalue weighted by Gasteiger charge is -2.27. The molecule has 0 bridgehead atoms. The van der Waals surface area contributed by atoms with Gasteiger partial charge in [0.15, 0.2) is 0 Å². The molecule has 0 radical (unpaired) electrons. The zero-order valence-electron chi connectivity index (χ0n) is 9.20. The molecule has 3 nitrogen and oxygen atoms in total. The summed E-state index contributed by atoms with van der Waals surface area (Å²) in [7, 11) is 0. The number of nitrogens with zero attached hydrogens (tertiary/aromatic N) is 1. The van der Waals surface area contributed by atoms with E-state index in [2.05, 4.69) is 27.9 Å². The van der Waals surface area contributed by atoms with Gasteiger partial charge in [-0.1, -0.05) is 6.92 Å². The minimum atomic E-state index is 0.457. The molecular formula is C11H19N3S. The van der Waals surface area contributed by atoms with E-state index in [1.807, 2.05) is 6.20 Å². The fraction of sp³-hybridized carbons (Fsp3) is 0.727. The highest BCUT2D eigenvalue weighted by Crippen LogP contribution is 2.19. The van der Waals surface area contributed by atoms with Crippen molar-refractivity contribution in [3.8, 4) is 0 Å². The molecule has 0 spiro atoms. The highest BCUT2D eigenvalue weighted by molar-refractivity contribution is 7.09. The van der Waals surface area contributed by atoms with E-state index in [0.717, 1.165) is 18.9 Å². The van der Waals surface area contributed by atoms with Gasteiger partial charge in [-0.2, -0.15) is 0 Å². The summed E-state index contributed by atoms with van der Waals surface area (Å²) in [5.74, 6) is 0.895. The van der Waals surface area contributed by atoms with Crippen molar-refractivity contribution < 1.29 is 0 Å². The Balaban J connectivity index is 1.71. The molecule has 1 aromatic rings. The fourth-order valence-electron chi connectivity index (χ4n) is 1.83. The van der Waals surface area contributed by atoms with Crippen molar-refractivity contribution in [2.75, 3.05) is 19.6 Å². The quantitative estimate of drug-likeness (QED) is 0.775. The van der Waals surface area contributed by atoms with Gasteiger partial charge in [-0.05, 0) is 38.4 Å². The Labute approximate surface area is 95.3 Å². The van der Waals surface area contributed by atoms with Crippen molar-refractivity contribution in [3.05, 3.63) is 16.6 Å². The topological polar surface area (TPSA) is 37.0 Å². The molecule has 0 amide bonds. The minimum Gasteiger partial charge on any atom is -0.316 e. The van der Waals surface area contributed by atoms with Crippen LogP contribution in [0.5, 0.6) is 0 Å². The van der Waals surface area contributed by atoms with Crippen LogP contribution in [0.25, 0.3) is 0 Å². The lowest BCUT2D eigenvalue weighted by molar-refractivity contribution is 0.315. The first-order valence-corrected chi connectivity index (χ1v) is 6.61. The monoisotopic (exact) mass is 225 g/mol. The van der Waals surface area contributed by atoms with Crippen LogP contribution < -0.4 is 10.6 Å². The lowest BCUT2D eigenvalue weighted by atomic mass is 9.99. The molecule has 0 aliphatic carbocycles. The van der Waals surface area contributed by atoms with Crippen molar-refractivity contribution in [1.82, 2.24) is 15.6 Å². The molecule has 1 fully saturated rings. The van der Waals surface area contributed by atoms with Crippen LogP contribution in [0.1, 0.15) is 30.8 Å². The molecule has 1 aromatic heterocycles. The molecule has 1 aliphatic heterocycles. The number of rotatable bonds is 6. The molecule has 2 rings (SSSR count). The van der Waals surface area contributed by atoms with E-state index < -0.39 is 0 Å². The molecule has 4 heteroatoms. The summed E-state index contributed by atoms with van der Waals surface area (Å²) < 4.78 is 0. The number of aromatic nitrogens is 1. The third-order valence-corrected chi connectivity index (χ3v) is 3.86. The van der Waals surface area contributed by atoms with Crippen LogP contribution in [0.3, 0.4) is 0 Å². The smallest absolute Gasteiger partial charge is 0.109 e. The van der Waals surface area contributed by atoms with Gasteiger partial charge >= 0.3 is 0 Å². The van der Waals surface area contributed by atoms with Gasteiger partial charge in [-0.3, -0.25) is 0 Å². The molecule has 2 N–H and O–H groups in total. The maximum atomic E-state index is 4.36. The Hall–Kier alpha value is -0.450. The first kappa shape index (κ1) is 11.0. The van der Waals surface area contributed by atoms with Gasteiger partial charge in [-0.25, -0.2) is 4.98 Å². The normalized spacial score (nSPS) is 18.7. The molecule has 1 saturated heterocycles. The summed E-state index contributed by atoms with van der Waals surface area (Å²) in [6.07, 6.45) is 4.30. The zero-order valence-corrected chi connectivity index (χ0v) is 10.0. The van der Waals surface area contributed by atoms with Crippen molar-refractivity contribution >= 4 is 11.3 Å². The summed E-state index contributed by atoms with van der Waals surface area (Å²) >= 11 is 1.75. The molecule has 2 heterocycles. The van der Waals surface area contributed by atoms with E-state index in [9.17, 15) is 0 Å². The first-order valence-electron chi connectivity index (χ1n) is 5.73. The predicted octanol–water partition coefficient (Wildman–Crippen LogP) is 1.79. The average molecular weight is 225 g/mol. The Morgan fingerprint density at radius 1 is 1.67 bits per heavy atom. The van der Waals surface area contributed by atoms with E-state index >= 15 is 0 Å². The summed E-state index contributed by atoms with van der Waals surface area (Å²) in [4.78, 5) is 4.36. The second-order valence-electron chi connectivity index (χ2n) is 4.10. The highest BCUT2D eigenvalue weighted by atomic mass is 32.1. The summed E-state index contributed by atoms with van der Waals surface area (Å²) in [5, 5.41) is 10.2. The van der Waals surface area contributed by atoms with Crippen LogP contribution in [-0.4, -0.2) is 24.6 Å². The third-order valence-electron chi connectivity index (χ3n) is 2.97. The van der Waals surface area contributed by atoms with Crippen LogP contribution in [0.4, 0.5) is 0 Å². The summed E-state index contributed by atoms with van der Waals surface area (Å²) in [6.45, 7) is 5.74. The molecule has 1 atom stereocenters. The molecular weight excluding hydrogens is 206 g/mol. The molecule has 0 aromatic carbocycles. The minimum absolute atomic E-state index is 0.457. The number of hydrogen-bond donors (Lipinski definition) is 2. The standard InChI is InChI=1S/C11H19N3S/c1-2-10(11-14-5-6-15-11)13-4-3-9-7-12-8-9/h5-6,9-10,12-13H,2-4,7-8H2,1H3. The van der Waals surface area contributed by atoms with E-state index in [4.69, 9.17) is 0 Å². The molecule has 15 heavy (non-hydrogen) atoms.